The molecule has 0 saturated heterocycles. The molecule has 0 spiro atoms. The molecule has 0 heterocycles. The minimum Gasteiger partial charge on any atom is -0.478 e. The van der Waals surface area contributed by atoms with Gasteiger partial charge in [0.05, 0.1) is 5.56 Å². The van der Waals surface area contributed by atoms with E-state index in [9.17, 15) is 4.79 Å². The molecule has 2 fully saturated rings. The summed E-state index contributed by atoms with van der Waals surface area (Å²) in [7, 11) is 0. The number of hydrogen-bond donors (Lipinski definition) is 3. The molecule has 2 atom stereocenters. The van der Waals surface area contributed by atoms with Crippen LogP contribution in [-0.2, 0) is 6.54 Å². The lowest BCUT2D eigenvalue weighted by atomic mass is 9.90. The van der Waals surface area contributed by atoms with Gasteiger partial charge in [-0.2, -0.15) is 0 Å². The SMILES string of the molecule is CCC(=Cc1ccccc1)C1C[C@@H]1NC1CCC(NCc2cccc(C(=O)O)c2)CC1. The summed E-state index contributed by atoms with van der Waals surface area (Å²) >= 11 is 0. The third-order valence-corrected chi connectivity index (χ3v) is 6.77. The summed E-state index contributed by atoms with van der Waals surface area (Å²) in [6, 6.07) is 19.7. The zero-order chi connectivity index (χ0) is 21.6. The van der Waals surface area contributed by atoms with Crippen LogP contribution >= 0.6 is 0 Å². The smallest absolute Gasteiger partial charge is 0.335 e. The van der Waals surface area contributed by atoms with Gasteiger partial charge < -0.3 is 15.7 Å². The molecule has 0 radical (unpaired) electrons. The minimum absolute atomic E-state index is 0.360. The van der Waals surface area contributed by atoms with Gasteiger partial charge >= 0.3 is 5.97 Å². The third kappa shape index (κ3) is 6.05. The average Bonchev–Trinajstić information content (AvgIpc) is 3.56. The summed E-state index contributed by atoms with van der Waals surface area (Å²) in [5.74, 6) is -0.167. The molecule has 2 aromatic rings. The number of rotatable bonds is 9. The number of aromatic carboxylic acids is 1. The van der Waals surface area contributed by atoms with Crippen molar-refractivity contribution in [1.29, 1.82) is 0 Å². The highest BCUT2D eigenvalue weighted by Crippen LogP contribution is 2.40. The lowest BCUT2D eigenvalue weighted by molar-refractivity contribution is 0.0696. The molecule has 4 rings (SSSR count). The third-order valence-electron chi connectivity index (χ3n) is 6.77. The zero-order valence-electron chi connectivity index (χ0n) is 18.4. The van der Waals surface area contributed by atoms with Crippen LogP contribution in [0.25, 0.3) is 6.08 Å². The largest absolute Gasteiger partial charge is 0.478 e. The van der Waals surface area contributed by atoms with Gasteiger partial charge in [0.1, 0.15) is 0 Å². The standard InChI is InChI=1S/C27H34N2O2/c1-2-21(15-19-7-4-3-5-8-19)25-17-26(25)29-24-13-11-23(12-14-24)28-18-20-9-6-10-22(16-20)27(30)31/h3-10,15-16,23-26,28-29H,2,11-14,17-18H2,1H3,(H,30,31)/t23?,24?,25?,26-/m0/s1. The Hall–Kier alpha value is -2.43. The first-order chi connectivity index (χ1) is 15.1. The Labute approximate surface area is 185 Å². The number of benzene rings is 2. The van der Waals surface area contributed by atoms with Crippen LogP contribution in [0.1, 0.15) is 66.9 Å². The van der Waals surface area contributed by atoms with Crippen LogP contribution in [0.2, 0.25) is 0 Å². The van der Waals surface area contributed by atoms with Gasteiger partial charge in [-0.1, -0.05) is 61.0 Å². The summed E-state index contributed by atoms with van der Waals surface area (Å²) in [5.41, 5.74) is 4.28. The second-order valence-corrected chi connectivity index (χ2v) is 9.03. The molecule has 2 aliphatic rings. The van der Waals surface area contributed by atoms with Gasteiger partial charge in [-0.3, -0.25) is 0 Å². The summed E-state index contributed by atoms with van der Waals surface area (Å²) in [6.45, 7) is 3.01. The van der Waals surface area contributed by atoms with E-state index < -0.39 is 5.97 Å². The number of hydrogen-bond acceptors (Lipinski definition) is 3. The summed E-state index contributed by atoms with van der Waals surface area (Å²) in [4.78, 5) is 11.1. The van der Waals surface area contributed by atoms with Crippen molar-refractivity contribution in [3.8, 4) is 0 Å². The first kappa shape index (κ1) is 21.8. The van der Waals surface area contributed by atoms with E-state index in [1.165, 1.54) is 37.7 Å². The molecule has 1 unspecified atom stereocenters. The lowest BCUT2D eigenvalue weighted by Gasteiger charge is -2.30. The Bertz CT molecular complexity index is 900. The number of carboxylic acid groups (broad SMARTS) is 1. The van der Waals surface area contributed by atoms with Gasteiger partial charge in [0, 0.05) is 24.7 Å². The molecule has 2 saturated carbocycles. The van der Waals surface area contributed by atoms with E-state index in [1.54, 1.807) is 17.7 Å². The molecule has 0 aliphatic heterocycles. The Balaban J connectivity index is 1.20. The molecule has 0 aromatic heterocycles. The normalized spacial score (nSPS) is 25.9. The molecule has 2 aromatic carbocycles. The van der Waals surface area contributed by atoms with Crippen molar-refractivity contribution >= 4 is 12.0 Å². The van der Waals surface area contributed by atoms with Crippen molar-refractivity contribution in [2.24, 2.45) is 5.92 Å². The Morgan fingerprint density at radius 3 is 2.48 bits per heavy atom. The van der Waals surface area contributed by atoms with E-state index in [4.69, 9.17) is 5.11 Å². The average molecular weight is 419 g/mol. The first-order valence-corrected chi connectivity index (χ1v) is 11.7. The van der Waals surface area contributed by atoms with Crippen LogP contribution in [0, 0.1) is 5.92 Å². The summed E-state index contributed by atoms with van der Waals surface area (Å²) in [6.07, 6.45) is 9.54. The molecule has 4 heteroatoms. The van der Waals surface area contributed by atoms with Crippen molar-refractivity contribution in [2.45, 2.75) is 70.1 Å². The van der Waals surface area contributed by atoms with Gasteiger partial charge in [-0.25, -0.2) is 4.79 Å². The van der Waals surface area contributed by atoms with Crippen LogP contribution < -0.4 is 10.6 Å². The maximum Gasteiger partial charge on any atom is 0.335 e. The van der Waals surface area contributed by atoms with Crippen molar-refractivity contribution < 1.29 is 9.90 Å². The maximum absolute atomic E-state index is 11.1. The van der Waals surface area contributed by atoms with E-state index in [0.29, 0.717) is 29.6 Å². The molecule has 31 heavy (non-hydrogen) atoms. The van der Waals surface area contributed by atoms with E-state index in [1.807, 2.05) is 12.1 Å². The fourth-order valence-electron chi connectivity index (χ4n) is 4.87. The van der Waals surface area contributed by atoms with Gasteiger partial charge in [0.25, 0.3) is 0 Å². The molecule has 164 valence electrons. The molecule has 3 N–H and O–H groups in total. The Morgan fingerprint density at radius 1 is 1.03 bits per heavy atom. The van der Waals surface area contributed by atoms with Gasteiger partial charge in [-0.15, -0.1) is 0 Å². The molecule has 2 aliphatic carbocycles. The van der Waals surface area contributed by atoms with Gasteiger partial charge in [0.2, 0.25) is 0 Å². The Morgan fingerprint density at radius 2 is 1.77 bits per heavy atom. The van der Waals surface area contributed by atoms with E-state index in [2.05, 4.69) is 54.0 Å². The second-order valence-electron chi connectivity index (χ2n) is 9.03. The monoisotopic (exact) mass is 418 g/mol. The molecular formula is C27H34N2O2. The van der Waals surface area contributed by atoms with Crippen molar-refractivity contribution in [1.82, 2.24) is 10.6 Å². The molecule has 4 nitrogen and oxygen atoms in total. The fraction of sp³-hybridized carbons (Fsp3) is 0.444. The van der Waals surface area contributed by atoms with Crippen molar-refractivity contribution in [3.63, 3.8) is 0 Å². The highest BCUT2D eigenvalue weighted by molar-refractivity contribution is 5.87. The maximum atomic E-state index is 11.1. The predicted octanol–water partition coefficient (Wildman–Crippen LogP) is 5.26. The highest BCUT2D eigenvalue weighted by atomic mass is 16.4. The quantitative estimate of drug-likeness (QED) is 0.520. The zero-order valence-corrected chi connectivity index (χ0v) is 18.4. The lowest BCUT2D eigenvalue weighted by Crippen LogP contribution is -2.40. The number of carboxylic acids is 1. The van der Waals surface area contributed by atoms with Crippen LogP contribution in [-0.4, -0.2) is 29.2 Å². The van der Waals surface area contributed by atoms with Crippen LogP contribution in [0.4, 0.5) is 0 Å². The van der Waals surface area contributed by atoms with Gasteiger partial charge in [0.15, 0.2) is 0 Å². The van der Waals surface area contributed by atoms with Crippen LogP contribution in [0.5, 0.6) is 0 Å². The second kappa shape index (κ2) is 10.3. The summed E-state index contributed by atoms with van der Waals surface area (Å²) in [5, 5.41) is 16.7. The van der Waals surface area contributed by atoms with Gasteiger partial charge in [-0.05, 0) is 67.7 Å². The van der Waals surface area contributed by atoms with Crippen LogP contribution in [0.15, 0.2) is 60.2 Å². The van der Waals surface area contributed by atoms with Crippen molar-refractivity contribution in [3.05, 3.63) is 76.9 Å². The summed E-state index contributed by atoms with van der Waals surface area (Å²) < 4.78 is 0. The molecular weight excluding hydrogens is 384 g/mol. The fourth-order valence-corrected chi connectivity index (χ4v) is 4.87. The minimum atomic E-state index is -0.864. The molecule has 0 amide bonds. The number of carbonyl (C=O) groups is 1. The molecule has 0 bridgehead atoms. The van der Waals surface area contributed by atoms with Crippen LogP contribution in [0.3, 0.4) is 0 Å². The predicted molar refractivity (Wildman–Crippen MR) is 126 cm³/mol. The number of nitrogens with one attached hydrogen (secondary N) is 2. The van der Waals surface area contributed by atoms with E-state index >= 15 is 0 Å². The van der Waals surface area contributed by atoms with Crippen molar-refractivity contribution in [2.75, 3.05) is 0 Å². The van der Waals surface area contributed by atoms with E-state index in [-0.39, 0.29) is 0 Å². The topological polar surface area (TPSA) is 61.4 Å². The Kier molecular flexibility index (Phi) is 7.21. The first-order valence-electron chi connectivity index (χ1n) is 11.7. The highest BCUT2D eigenvalue weighted by Gasteiger charge is 2.40. The van der Waals surface area contributed by atoms with E-state index in [0.717, 1.165) is 18.5 Å².